The maximum absolute atomic E-state index is 5.91. The van der Waals surface area contributed by atoms with E-state index in [-0.39, 0.29) is 0 Å². The fourth-order valence-electron chi connectivity index (χ4n) is 1.87. The van der Waals surface area contributed by atoms with Gasteiger partial charge in [-0.15, -0.1) is 0 Å². The molecule has 0 heterocycles. The van der Waals surface area contributed by atoms with Crippen molar-refractivity contribution in [1.82, 2.24) is 4.90 Å². The van der Waals surface area contributed by atoms with Crippen LogP contribution in [0.2, 0.25) is 0 Å². The fraction of sp³-hybridized carbons (Fsp3) is 0.562. The highest BCUT2D eigenvalue weighted by Gasteiger charge is 2.05. The SMILES string of the molecule is CCC(C)N(C)CCN=C(N)Nc1ccc(C)c(C)c1. The first kappa shape index (κ1) is 16.5. The molecule has 4 nitrogen and oxygen atoms in total. The van der Waals surface area contributed by atoms with Crippen LogP contribution in [-0.4, -0.2) is 37.0 Å². The minimum absolute atomic E-state index is 0.478. The molecule has 0 radical (unpaired) electrons. The van der Waals surface area contributed by atoms with Crippen LogP contribution in [0.25, 0.3) is 0 Å². The first-order chi connectivity index (χ1) is 9.43. The molecule has 0 saturated carbocycles. The maximum atomic E-state index is 5.91. The molecule has 4 heteroatoms. The third-order valence-corrected chi connectivity index (χ3v) is 3.86. The fourth-order valence-corrected chi connectivity index (χ4v) is 1.87. The van der Waals surface area contributed by atoms with Gasteiger partial charge in [0.25, 0.3) is 0 Å². The monoisotopic (exact) mass is 276 g/mol. The Morgan fingerprint density at radius 3 is 2.65 bits per heavy atom. The third-order valence-electron chi connectivity index (χ3n) is 3.86. The van der Waals surface area contributed by atoms with Crippen LogP contribution >= 0.6 is 0 Å². The van der Waals surface area contributed by atoms with E-state index in [2.05, 4.69) is 62.1 Å². The van der Waals surface area contributed by atoms with Gasteiger partial charge in [-0.3, -0.25) is 4.99 Å². The minimum Gasteiger partial charge on any atom is -0.370 e. The summed E-state index contributed by atoms with van der Waals surface area (Å²) < 4.78 is 0. The van der Waals surface area contributed by atoms with Crippen LogP contribution in [0.5, 0.6) is 0 Å². The van der Waals surface area contributed by atoms with Crippen LogP contribution in [0.1, 0.15) is 31.4 Å². The Morgan fingerprint density at radius 2 is 2.05 bits per heavy atom. The van der Waals surface area contributed by atoms with Gasteiger partial charge in [-0.1, -0.05) is 13.0 Å². The lowest BCUT2D eigenvalue weighted by atomic mass is 10.1. The maximum Gasteiger partial charge on any atom is 0.193 e. The molecule has 0 aliphatic heterocycles. The Balaban J connectivity index is 2.47. The Bertz CT molecular complexity index is 454. The summed E-state index contributed by atoms with van der Waals surface area (Å²) in [5, 5.41) is 3.14. The summed E-state index contributed by atoms with van der Waals surface area (Å²) >= 11 is 0. The van der Waals surface area contributed by atoms with Gasteiger partial charge in [-0.05, 0) is 57.5 Å². The Morgan fingerprint density at radius 1 is 1.35 bits per heavy atom. The van der Waals surface area contributed by atoms with Crippen LogP contribution < -0.4 is 11.1 Å². The quantitative estimate of drug-likeness (QED) is 0.620. The number of guanidine groups is 1. The molecule has 0 amide bonds. The summed E-state index contributed by atoms with van der Waals surface area (Å²) in [4.78, 5) is 6.67. The van der Waals surface area contributed by atoms with Gasteiger partial charge in [0.15, 0.2) is 5.96 Å². The number of aryl methyl sites for hydroxylation is 2. The topological polar surface area (TPSA) is 53.6 Å². The Kier molecular flexibility index (Phi) is 6.52. The lowest BCUT2D eigenvalue weighted by molar-refractivity contribution is 0.259. The van der Waals surface area contributed by atoms with Gasteiger partial charge in [0.05, 0.1) is 6.54 Å². The first-order valence-corrected chi connectivity index (χ1v) is 7.28. The molecule has 1 aromatic rings. The predicted octanol–water partition coefficient (Wildman–Crippen LogP) is 2.76. The van der Waals surface area contributed by atoms with E-state index in [4.69, 9.17) is 5.73 Å². The van der Waals surface area contributed by atoms with Crippen LogP contribution in [0.15, 0.2) is 23.2 Å². The van der Waals surface area contributed by atoms with Gasteiger partial charge in [0, 0.05) is 18.3 Å². The number of rotatable bonds is 6. The molecule has 0 aliphatic carbocycles. The molecule has 1 unspecified atom stereocenters. The standard InChI is InChI=1S/C16H28N4/c1-6-14(4)20(5)10-9-18-16(17)19-15-8-7-12(2)13(3)11-15/h7-8,11,14H,6,9-10H2,1-5H3,(H3,17,18,19). The smallest absolute Gasteiger partial charge is 0.193 e. The molecule has 1 atom stereocenters. The highest BCUT2D eigenvalue weighted by Crippen LogP contribution is 2.13. The van der Waals surface area contributed by atoms with Gasteiger partial charge in [-0.25, -0.2) is 0 Å². The highest BCUT2D eigenvalue weighted by molar-refractivity contribution is 5.92. The molecular weight excluding hydrogens is 248 g/mol. The number of anilines is 1. The van der Waals surface area contributed by atoms with Gasteiger partial charge in [0.1, 0.15) is 0 Å². The van der Waals surface area contributed by atoms with Gasteiger partial charge in [0.2, 0.25) is 0 Å². The lowest BCUT2D eigenvalue weighted by Crippen LogP contribution is -2.31. The summed E-state index contributed by atoms with van der Waals surface area (Å²) in [7, 11) is 2.12. The number of nitrogens with one attached hydrogen (secondary N) is 1. The van der Waals surface area contributed by atoms with Crippen LogP contribution in [0.3, 0.4) is 0 Å². The van der Waals surface area contributed by atoms with E-state index in [9.17, 15) is 0 Å². The minimum atomic E-state index is 0.478. The van der Waals surface area contributed by atoms with Crippen molar-refractivity contribution in [2.75, 3.05) is 25.5 Å². The lowest BCUT2D eigenvalue weighted by Gasteiger charge is -2.22. The number of hydrogen-bond acceptors (Lipinski definition) is 2. The highest BCUT2D eigenvalue weighted by atomic mass is 15.1. The van der Waals surface area contributed by atoms with Crippen molar-refractivity contribution < 1.29 is 0 Å². The molecule has 112 valence electrons. The molecule has 0 saturated heterocycles. The molecule has 0 aromatic heterocycles. The predicted molar refractivity (Wildman–Crippen MR) is 88.4 cm³/mol. The number of nitrogens with two attached hydrogens (primary N) is 1. The van der Waals surface area contributed by atoms with Gasteiger partial charge < -0.3 is 16.0 Å². The van der Waals surface area contributed by atoms with Crippen LogP contribution in [-0.2, 0) is 0 Å². The van der Waals surface area contributed by atoms with E-state index in [1.807, 2.05) is 6.07 Å². The van der Waals surface area contributed by atoms with E-state index in [0.717, 1.165) is 18.7 Å². The zero-order valence-electron chi connectivity index (χ0n) is 13.4. The molecule has 20 heavy (non-hydrogen) atoms. The average Bonchev–Trinajstić information content (AvgIpc) is 2.41. The van der Waals surface area contributed by atoms with Crippen molar-refractivity contribution >= 4 is 11.6 Å². The van der Waals surface area contributed by atoms with E-state index >= 15 is 0 Å². The second-order valence-corrected chi connectivity index (χ2v) is 5.43. The molecule has 0 bridgehead atoms. The Labute approximate surface area is 123 Å². The number of nitrogens with zero attached hydrogens (tertiary/aromatic N) is 2. The van der Waals surface area contributed by atoms with Crippen molar-refractivity contribution in [1.29, 1.82) is 0 Å². The molecule has 1 aromatic carbocycles. The number of likely N-dealkylation sites (N-methyl/N-ethyl adjacent to an activating group) is 1. The summed E-state index contributed by atoms with van der Waals surface area (Å²) in [5.41, 5.74) is 9.43. The molecule has 1 rings (SSSR count). The summed E-state index contributed by atoms with van der Waals surface area (Å²) in [6.07, 6.45) is 1.15. The first-order valence-electron chi connectivity index (χ1n) is 7.28. The zero-order chi connectivity index (χ0) is 15.1. The number of hydrogen-bond donors (Lipinski definition) is 2. The average molecular weight is 276 g/mol. The number of benzene rings is 1. The van der Waals surface area contributed by atoms with E-state index < -0.39 is 0 Å². The van der Waals surface area contributed by atoms with Crippen molar-refractivity contribution in [3.05, 3.63) is 29.3 Å². The summed E-state index contributed by atoms with van der Waals surface area (Å²) in [6, 6.07) is 6.78. The second-order valence-electron chi connectivity index (χ2n) is 5.43. The summed E-state index contributed by atoms with van der Waals surface area (Å²) in [5.74, 6) is 0.478. The van der Waals surface area contributed by atoms with Gasteiger partial charge >= 0.3 is 0 Å². The van der Waals surface area contributed by atoms with Crippen LogP contribution in [0.4, 0.5) is 5.69 Å². The molecule has 0 spiro atoms. The van der Waals surface area contributed by atoms with Crippen molar-refractivity contribution in [3.8, 4) is 0 Å². The van der Waals surface area contributed by atoms with Gasteiger partial charge in [-0.2, -0.15) is 0 Å². The molecular formula is C16H28N4. The molecule has 0 aliphatic rings. The third kappa shape index (κ3) is 5.21. The van der Waals surface area contributed by atoms with Crippen LogP contribution in [0, 0.1) is 13.8 Å². The van der Waals surface area contributed by atoms with E-state index in [1.165, 1.54) is 11.1 Å². The molecule has 3 N–H and O–H groups in total. The normalized spacial score (nSPS) is 13.6. The number of aliphatic imine (C=N–C) groups is 1. The molecule has 0 fully saturated rings. The van der Waals surface area contributed by atoms with E-state index in [1.54, 1.807) is 0 Å². The van der Waals surface area contributed by atoms with Crippen molar-refractivity contribution in [3.63, 3.8) is 0 Å². The van der Waals surface area contributed by atoms with Crippen molar-refractivity contribution in [2.45, 2.75) is 40.2 Å². The van der Waals surface area contributed by atoms with E-state index in [0.29, 0.717) is 18.5 Å². The van der Waals surface area contributed by atoms with Crippen molar-refractivity contribution in [2.24, 2.45) is 10.7 Å². The second kappa shape index (κ2) is 7.90. The largest absolute Gasteiger partial charge is 0.370 e. The Hall–Kier alpha value is -1.55. The zero-order valence-corrected chi connectivity index (χ0v) is 13.4. The summed E-state index contributed by atoms with van der Waals surface area (Å²) in [6.45, 7) is 10.2.